The Labute approximate surface area is 179 Å². The molecule has 0 radical (unpaired) electrons. The predicted octanol–water partition coefficient (Wildman–Crippen LogP) is 5.29. The third-order valence-electron chi connectivity index (χ3n) is 5.67. The van der Waals surface area contributed by atoms with E-state index in [9.17, 15) is 9.90 Å². The number of halogens is 2. The summed E-state index contributed by atoms with van der Waals surface area (Å²) in [4.78, 5) is 15.4. The van der Waals surface area contributed by atoms with Gasteiger partial charge in [0.25, 0.3) is 5.56 Å². The van der Waals surface area contributed by atoms with Crippen LogP contribution in [0.25, 0.3) is 32.1 Å². The summed E-state index contributed by atoms with van der Waals surface area (Å²) in [6, 6.07) is 11.9. The van der Waals surface area contributed by atoms with E-state index in [4.69, 9.17) is 5.73 Å². The molecule has 1 aliphatic carbocycles. The molecule has 2 aromatic carbocycles. The van der Waals surface area contributed by atoms with Crippen LogP contribution in [-0.2, 0) is 5.41 Å². The molecule has 7 heteroatoms. The number of nitrogens with one attached hydrogen (secondary N) is 1. The van der Waals surface area contributed by atoms with E-state index in [1.165, 1.54) is 16.9 Å². The molecule has 5 rings (SSSR count). The molecule has 2 aromatic heterocycles. The first-order valence-corrected chi connectivity index (χ1v) is 10.5. The number of phenols is 1. The number of hydrogen-bond donors (Lipinski definition) is 3. The normalized spacial score (nSPS) is 14.9. The largest absolute Gasteiger partial charge is 0.507 e. The Morgan fingerprint density at radius 2 is 1.93 bits per heavy atom. The Kier molecular flexibility index (Phi) is 4.78. The number of thiophene rings is 1. The van der Waals surface area contributed by atoms with E-state index in [1.807, 2.05) is 23.6 Å². The average Bonchev–Trinajstić information content (AvgIpc) is 3.31. The van der Waals surface area contributed by atoms with Crippen molar-refractivity contribution < 1.29 is 5.11 Å². The van der Waals surface area contributed by atoms with Gasteiger partial charge in [-0.25, -0.2) is 0 Å². The van der Waals surface area contributed by atoms with E-state index in [-0.39, 0.29) is 29.1 Å². The molecule has 0 atom stereocenters. The van der Waals surface area contributed by atoms with Crippen LogP contribution in [0.2, 0.25) is 0 Å². The highest BCUT2D eigenvalue weighted by Crippen LogP contribution is 2.48. The zero-order valence-corrected chi connectivity index (χ0v) is 18.0. The number of nitrogens with two attached hydrogens (primary N) is 1. The van der Waals surface area contributed by atoms with Crippen LogP contribution in [0.4, 0.5) is 0 Å². The van der Waals surface area contributed by atoms with Crippen molar-refractivity contribution in [3.05, 3.63) is 62.2 Å². The van der Waals surface area contributed by atoms with Gasteiger partial charge >= 0.3 is 0 Å². The van der Waals surface area contributed by atoms with Gasteiger partial charge in [-0.3, -0.25) is 4.79 Å². The number of pyridine rings is 1. The maximum Gasteiger partial charge on any atom is 0.266 e. The molecule has 2 heterocycles. The summed E-state index contributed by atoms with van der Waals surface area (Å²) in [7, 11) is 0. The molecule has 0 amide bonds. The molecule has 1 aliphatic rings. The van der Waals surface area contributed by atoms with Crippen LogP contribution in [-0.4, -0.2) is 16.6 Å². The fraction of sp³-hybridized carbons (Fsp3) is 0.190. The molecule has 0 saturated heterocycles. The molecular formula is C21H18BrClN2O2S. The van der Waals surface area contributed by atoms with Gasteiger partial charge in [-0.2, -0.15) is 0 Å². The molecular weight excluding hydrogens is 460 g/mol. The average molecular weight is 478 g/mol. The third-order valence-corrected chi connectivity index (χ3v) is 7.21. The summed E-state index contributed by atoms with van der Waals surface area (Å²) in [5.41, 5.74) is 9.57. The number of phenolic OH excluding ortho intramolecular Hbond substituents is 1. The van der Waals surface area contributed by atoms with Crippen molar-refractivity contribution in [1.29, 1.82) is 0 Å². The van der Waals surface area contributed by atoms with Crippen LogP contribution in [0, 0.1) is 0 Å². The SMILES string of the molecule is Cl.NCC1(c2ccc(-c3c(O)cc(Br)c4[nH]c(=O)c5sccc5c34)cc2)CC1. The number of aromatic hydroxyl groups is 1. The van der Waals surface area contributed by atoms with Crippen molar-refractivity contribution in [3.8, 4) is 16.9 Å². The van der Waals surface area contributed by atoms with Crippen LogP contribution in [0.5, 0.6) is 5.75 Å². The number of benzene rings is 2. The first-order valence-electron chi connectivity index (χ1n) is 8.80. The quantitative estimate of drug-likeness (QED) is 0.375. The molecule has 0 unspecified atom stereocenters. The summed E-state index contributed by atoms with van der Waals surface area (Å²) in [6.45, 7) is 0.662. The van der Waals surface area contributed by atoms with Gasteiger partial charge < -0.3 is 15.8 Å². The first-order chi connectivity index (χ1) is 13.0. The molecule has 4 aromatic rings. The van der Waals surface area contributed by atoms with Gasteiger partial charge in [0, 0.05) is 32.8 Å². The van der Waals surface area contributed by atoms with E-state index in [0.29, 0.717) is 21.2 Å². The molecule has 4 N–H and O–H groups in total. The van der Waals surface area contributed by atoms with Crippen LogP contribution in [0.3, 0.4) is 0 Å². The minimum atomic E-state index is -0.112. The summed E-state index contributed by atoms with van der Waals surface area (Å²) in [5, 5.41) is 14.4. The number of fused-ring (bicyclic) bond motifs is 3. The Bertz CT molecular complexity index is 1260. The van der Waals surface area contributed by atoms with E-state index in [0.717, 1.165) is 34.7 Å². The fourth-order valence-electron chi connectivity index (χ4n) is 3.92. The minimum absolute atomic E-state index is 0. The van der Waals surface area contributed by atoms with Crippen molar-refractivity contribution in [2.75, 3.05) is 6.54 Å². The maximum atomic E-state index is 12.4. The molecule has 4 nitrogen and oxygen atoms in total. The maximum absolute atomic E-state index is 12.4. The standard InChI is InChI=1S/C21H17BrN2O2S.ClH/c22-14-9-15(25)16(11-1-3-12(4-2-11)21(10-23)6-7-21)17-13-5-8-27-19(13)20(26)24-18(14)17;/h1-5,8-9,25H,6-7,10,23H2,(H,24,26);1H. The van der Waals surface area contributed by atoms with Gasteiger partial charge in [-0.15, -0.1) is 23.7 Å². The smallest absolute Gasteiger partial charge is 0.266 e. The van der Waals surface area contributed by atoms with E-state index < -0.39 is 0 Å². The van der Waals surface area contributed by atoms with Gasteiger partial charge in [0.05, 0.1) is 5.52 Å². The number of rotatable bonds is 3. The van der Waals surface area contributed by atoms with Gasteiger partial charge in [0.15, 0.2) is 0 Å². The Morgan fingerprint density at radius 3 is 2.57 bits per heavy atom. The predicted molar refractivity (Wildman–Crippen MR) is 122 cm³/mol. The number of hydrogen-bond acceptors (Lipinski definition) is 4. The van der Waals surface area contributed by atoms with Crippen molar-refractivity contribution in [1.82, 2.24) is 4.98 Å². The van der Waals surface area contributed by atoms with Crippen molar-refractivity contribution >= 4 is 60.7 Å². The highest BCUT2D eigenvalue weighted by molar-refractivity contribution is 9.10. The lowest BCUT2D eigenvalue weighted by molar-refractivity contribution is 0.477. The Hall–Kier alpha value is -1.86. The number of aromatic amines is 1. The number of aromatic nitrogens is 1. The fourth-order valence-corrected chi connectivity index (χ4v) is 5.23. The lowest BCUT2D eigenvalue weighted by Crippen LogP contribution is -2.19. The highest BCUT2D eigenvalue weighted by Gasteiger charge is 2.42. The molecule has 0 spiro atoms. The lowest BCUT2D eigenvalue weighted by atomic mass is 9.92. The monoisotopic (exact) mass is 476 g/mol. The van der Waals surface area contributed by atoms with Gasteiger partial charge in [-0.1, -0.05) is 24.3 Å². The number of H-pyrrole nitrogens is 1. The second-order valence-corrected chi connectivity index (χ2v) is 8.95. The Morgan fingerprint density at radius 1 is 1.21 bits per heavy atom. The van der Waals surface area contributed by atoms with Crippen molar-refractivity contribution in [3.63, 3.8) is 0 Å². The van der Waals surface area contributed by atoms with Gasteiger partial charge in [0.2, 0.25) is 0 Å². The topological polar surface area (TPSA) is 79.1 Å². The second kappa shape index (κ2) is 6.88. The van der Waals surface area contributed by atoms with Gasteiger partial charge in [-0.05, 0) is 57.4 Å². The van der Waals surface area contributed by atoms with E-state index in [2.05, 4.69) is 33.0 Å². The van der Waals surface area contributed by atoms with Crippen molar-refractivity contribution in [2.24, 2.45) is 5.73 Å². The zero-order valence-electron chi connectivity index (χ0n) is 14.8. The van der Waals surface area contributed by atoms with Crippen LogP contribution in [0.1, 0.15) is 18.4 Å². The Balaban J connectivity index is 0.00000192. The molecule has 28 heavy (non-hydrogen) atoms. The lowest BCUT2D eigenvalue weighted by Gasteiger charge is -2.15. The summed E-state index contributed by atoms with van der Waals surface area (Å²) >= 11 is 4.88. The van der Waals surface area contributed by atoms with Crippen LogP contribution < -0.4 is 11.3 Å². The molecule has 1 saturated carbocycles. The molecule has 144 valence electrons. The van der Waals surface area contributed by atoms with Crippen LogP contribution >= 0.6 is 39.7 Å². The molecule has 0 aliphatic heterocycles. The molecule has 1 fully saturated rings. The van der Waals surface area contributed by atoms with Gasteiger partial charge in [0.1, 0.15) is 10.4 Å². The third kappa shape index (κ3) is 2.78. The first kappa shape index (κ1) is 19.5. The summed E-state index contributed by atoms with van der Waals surface area (Å²) in [5.74, 6) is 0.182. The summed E-state index contributed by atoms with van der Waals surface area (Å²) < 4.78 is 1.33. The molecule has 0 bridgehead atoms. The second-order valence-electron chi connectivity index (χ2n) is 7.18. The minimum Gasteiger partial charge on any atom is -0.507 e. The van der Waals surface area contributed by atoms with E-state index >= 15 is 0 Å². The highest BCUT2D eigenvalue weighted by atomic mass is 79.9. The van der Waals surface area contributed by atoms with Crippen molar-refractivity contribution in [2.45, 2.75) is 18.3 Å². The van der Waals surface area contributed by atoms with Crippen LogP contribution in [0.15, 0.2) is 51.0 Å². The zero-order chi connectivity index (χ0) is 18.8. The van der Waals surface area contributed by atoms with E-state index in [1.54, 1.807) is 6.07 Å². The summed E-state index contributed by atoms with van der Waals surface area (Å²) in [6.07, 6.45) is 2.26.